The molecule has 1 aliphatic rings. The number of hydrogen-bond acceptors (Lipinski definition) is 0. The third-order valence-corrected chi connectivity index (χ3v) is 2.99. The van der Waals surface area contributed by atoms with E-state index in [-0.39, 0.29) is 0 Å². The number of rotatable bonds is 0. The van der Waals surface area contributed by atoms with Gasteiger partial charge in [0, 0.05) is 0 Å². The van der Waals surface area contributed by atoms with Crippen LogP contribution >= 0.6 is 0 Å². The van der Waals surface area contributed by atoms with E-state index < -0.39 is 0 Å². The molecule has 0 radical (unpaired) electrons. The van der Waals surface area contributed by atoms with Gasteiger partial charge in [0.15, 0.2) is 0 Å². The van der Waals surface area contributed by atoms with E-state index in [9.17, 15) is 0 Å². The van der Waals surface area contributed by atoms with E-state index in [2.05, 4.69) is 35.4 Å². The van der Waals surface area contributed by atoms with Crippen molar-refractivity contribution in [3.05, 3.63) is 35.4 Å². The second-order valence-electron chi connectivity index (χ2n) is 3.10. The van der Waals surface area contributed by atoms with Crippen molar-refractivity contribution in [1.82, 2.24) is 0 Å². The second-order valence-corrected chi connectivity index (χ2v) is 4.33. The maximum absolute atomic E-state index is 2.26. The number of hydrogen-bond donors (Lipinski definition) is 0. The Hall–Kier alpha value is -0.286. The summed E-state index contributed by atoms with van der Waals surface area (Å²) < 4.78 is 0. The number of allylic oxidation sites excluding steroid dienone is 5. The summed E-state index contributed by atoms with van der Waals surface area (Å²) in [4.78, 5) is 0. The molecule has 0 saturated heterocycles. The van der Waals surface area contributed by atoms with Crippen LogP contribution in [0.25, 0.3) is 0 Å². The molecule has 1 heterocycles. The van der Waals surface area contributed by atoms with Crippen molar-refractivity contribution < 1.29 is 14.4 Å². The van der Waals surface area contributed by atoms with Crippen LogP contribution in [0, 0.1) is 0 Å². The van der Waals surface area contributed by atoms with Gasteiger partial charge >= 0.3 is 87.4 Å². The molecule has 0 aromatic rings. The summed E-state index contributed by atoms with van der Waals surface area (Å²) in [6.07, 6.45) is 17.5. The molecule has 0 fully saturated rings. The van der Waals surface area contributed by atoms with E-state index in [1.807, 2.05) is 0 Å². The molecule has 0 aromatic carbocycles. The van der Waals surface area contributed by atoms with Crippen LogP contribution in [0.4, 0.5) is 0 Å². The standard InChI is InChI=1S/C12H18.Ni/c1-3-5-7-9-11-12-10-8-6-4-2;/h1,3,5,7,9,11H,2,4,6,8,10,12H2;/b3-1?,7-5+,11-9+;. The normalized spacial score (nSPS) is 28.3. The summed E-state index contributed by atoms with van der Waals surface area (Å²) >= 11 is 1.75. The fourth-order valence-corrected chi connectivity index (χ4v) is 2.05. The zero-order valence-corrected chi connectivity index (χ0v) is 9.01. The van der Waals surface area contributed by atoms with Gasteiger partial charge in [0.25, 0.3) is 0 Å². The summed E-state index contributed by atoms with van der Waals surface area (Å²) in [5.74, 6) is 0. The molecular formula is C12H18Ni. The Labute approximate surface area is 87.6 Å². The van der Waals surface area contributed by atoms with E-state index in [1.54, 1.807) is 14.4 Å². The zero-order chi connectivity index (χ0) is 9.19. The minimum atomic E-state index is 1.24. The molecule has 13 heavy (non-hydrogen) atoms. The molecule has 76 valence electrons. The first-order valence-corrected chi connectivity index (χ1v) is 6.25. The fraction of sp³-hybridized carbons (Fsp3) is 0.500. The zero-order valence-electron chi connectivity index (χ0n) is 8.02. The predicted molar refractivity (Wildman–Crippen MR) is 55.3 cm³/mol. The van der Waals surface area contributed by atoms with Crippen LogP contribution in [-0.4, -0.2) is 0 Å². The van der Waals surface area contributed by atoms with Gasteiger partial charge in [-0.3, -0.25) is 0 Å². The average Bonchev–Trinajstić information content (AvgIpc) is 2.18. The average molecular weight is 221 g/mol. The van der Waals surface area contributed by atoms with Crippen molar-refractivity contribution in [3.8, 4) is 0 Å². The van der Waals surface area contributed by atoms with Crippen molar-refractivity contribution in [2.75, 3.05) is 0 Å². The van der Waals surface area contributed by atoms with Crippen molar-refractivity contribution in [2.24, 2.45) is 0 Å². The SMILES string of the molecule is C1=[CH]\[Ni][CH2]CCCCC/C=C/C=C/1. The predicted octanol–water partition coefficient (Wildman–Crippen LogP) is 4.08. The van der Waals surface area contributed by atoms with Gasteiger partial charge in [0.2, 0.25) is 0 Å². The molecule has 0 nitrogen and oxygen atoms in total. The van der Waals surface area contributed by atoms with Gasteiger partial charge < -0.3 is 0 Å². The van der Waals surface area contributed by atoms with Crippen LogP contribution in [0.5, 0.6) is 0 Å². The Balaban J connectivity index is 2.29. The minimum absolute atomic E-state index is 1.24. The van der Waals surface area contributed by atoms with Crippen molar-refractivity contribution in [1.29, 1.82) is 0 Å². The first-order chi connectivity index (χ1) is 6.50. The Morgan fingerprint density at radius 3 is 2.62 bits per heavy atom. The van der Waals surface area contributed by atoms with Gasteiger partial charge in [-0.1, -0.05) is 0 Å². The summed E-state index contributed by atoms with van der Waals surface area (Å²) in [5.41, 5.74) is 0. The first kappa shape index (κ1) is 10.8. The van der Waals surface area contributed by atoms with Crippen LogP contribution < -0.4 is 0 Å². The Morgan fingerprint density at radius 1 is 0.769 bits per heavy atom. The third kappa shape index (κ3) is 6.84. The van der Waals surface area contributed by atoms with E-state index in [4.69, 9.17) is 0 Å². The molecule has 1 heteroatoms. The maximum atomic E-state index is 2.26. The second kappa shape index (κ2) is 8.32. The van der Waals surface area contributed by atoms with Gasteiger partial charge in [-0.05, 0) is 0 Å². The van der Waals surface area contributed by atoms with Crippen LogP contribution in [0.1, 0.15) is 32.1 Å². The molecule has 0 N–H and O–H groups in total. The molecule has 1 rings (SSSR count). The summed E-state index contributed by atoms with van der Waals surface area (Å²) in [7, 11) is 0. The molecular weight excluding hydrogens is 203 g/mol. The van der Waals surface area contributed by atoms with Gasteiger partial charge in [-0.25, -0.2) is 0 Å². The summed E-state index contributed by atoms with van der Waals surface area (Å²) in [5, 5.41) is 3.50. The molecule has 0 atom stereocenters. The third-order valence-electron chi connectivity index (χ3n) is 1.93. The molecule has 0 bridgehead atoms. The Kier molecular flexibility index (Phi) is 6.91. The van der Waals surface area contributed by atoms with Crippen LogP contribution in [0.15, 0.2) is 35.4 Å². The van der Waals surface area contributed by atoms with E-state index >= 15 is 0 Å². The van der Waals surface area contributed by atoms with Crippen molar-refractivity contribution in [2.45, 2.75) is 37.5 Å². The van der Waals surface area contributed by atoms with Crippen molar-refractivity contribution >= 4 is 0 Å². The first-order valence-electron chi connectivity index (χ1n) is 4.98. The molecule has 0 aliphatic carbocycles. The molecule has 0 spiro atoms. The summed E-state index contributed by atoms with van der Waals surface area (Å²) in [6, 6.07) is 0. The van der Waals surface area contributed by atoms with Crippen LogP contribution in [0.2, 0.25) is 5.39 Å². The molecule has 0 amide bonds. The monoisotopic (exact) mass is 220 g/mol. The Bertz CT molecular complexity index is 169. The molecule has 1 aliphatic heterocycles. The fourth-order valence-electron chi connectivity index (χ4n) is 1.19. The van der Waals surface area contributed by atoms with E-state index in [0.717, 1.165) is 0 Å². The quantitative estimate of drug-likeness (QED) is 0.540. The van der Waals surface area contributed by atoms with Crippen LogP contribution in [0.3, 0.4) is 0 Å². The van der Waals surface area contributed by atoms with E-state index in [0.29, 0.717) is 0 Å². The molecule has 0 unspecified atom stereocenters. The Morgan fingerprint density at radius 2 is 1.62 bits per heavy atom. The van der Waals surface area contributed by atoms with Gasteiger partial charge in [-0.15, -0.1) is 0 Å². The molecule has 0 saturated carbocycles. The molecule has 0 aromatic heterocycles. The van der Waals surface area contributed by atoms with E-state index in [1.165, 1.54) is 37.5 Å². The van der Waals surface area contributed by atoms with Gasteiger partial charge in [0.1, 0.15) is 0 Å². The topological polar surface area (TPSA) is 0 Å². The summed E-state index contributed by atoms with van der Waals surface area (Å²) in [6.45, 7) is 0. The van der Waals surface area contributed by atoms with Gasteiger partial charge in [-0.2, -0.15) is 0 Å². The van der Waals surface area contributed by atoms with Crippen LogP contribution in [-0.2, 0) is 14.4 Å². The van der Waals surface area contributed by atoms with Crippen molar-refractivity contribution in [3.63, 3.8) is 0 Å². The van der Waals surface area contributed by atoms with Gasteiger partial charge in [0.05, 0.1) is 0 Å².